The van der Waals surface area contributed by atoms with E-state index in [2.05, 4.69) is 11.8 Å². The summed E-state index contributed by atoms with van der Waals surface area (Å²) in [4.78, 5) is 14.8. The van der Waals surface area contributed by atoms with E-state index in [1.165, 1.54) is 38.5 Å². The molecule has 4 heteroatoms. The molecule has 2 aliphatic carbocycles. The Bertz CT molecular complexity index is 361. The summed E-state index contributed by atoms with van der Waals surface area (Å²) >= 11 is 0. The molecule has 1 saturated heterocycles. The third-order valence-corrected chi connectivity index (χ3v) is 6.17. The van der Waals surface area contributed by atoms with Crippen LogP contribution in [0.4, 0.5) is 0 Å². The second kappa shape index (κ2) is 7.32. The third-order valence-electron chi connectivity index (χ3n) is 6.17. The van der Waals surface area contributed by atoms with Crippen LogP contribution in [-0.4, -0.2) is 29.9 Å². The van der Waals surface area contributed by atoms with Gasteiger partial charge in [0.05, 0.1) is 0 Å². The minimum atomic E-state index is 0. The van der Waals surface area contributed by atoms with Gasteiger partial charge in [0.25, 0.3) is 0 Å². The first-order valence-corrected chi connectivity index (χ1v) is 8.69. The number of nitrogens with two attached hydrogens (primary N) is 1. The standard InChI is InChI=1S/C17H30N2O.ClH/c1-12(18)16-8-9-19(11-16)17(20)15-7-6-13-4-2-3-5-14(13)10-15;/h12-16H,2-11,18H2,1H3;1H. The molecule has 2 N–H and O–H groups in total. The highest BCUT2D eigenvalue weighted by atomic mass is 35.5. The number of hydrogen-bond acceptors (Lipinski definition) is 2. The molecular formula is C17H31ClN2O. The third kappa shape index (κ3) is 3.73. The molecule has 5 atom stereocenters. The Hall–Kier alpha value is -0.280. The molecule has 0 bridgehead atoms. The number of halogens is 1. The monoisotopic (exact) mass is 314 g/mol. The lowest BCUT2D eigenvalue weighted by Gasteiger charge is -2.39. The minimum absolute atomic E-state index is 0. The summed E-state index contributed by atoms with van der Waals surface area (Å²) < 4.78 is 0. The molecule has 0 aromatic rings. The van der Waals surface area contributed by atoms with Crippen molar-refractivity contribution in [2.24, 2.45) is 29.4 Å². The van der Waals surface area contributed by atoms with E-state index in [0.717, 1.165) is 37.8 Å². The van der Waals surface area contributed by atoms with Crippen LogP contribution in [0, 0.1) is 23.7 Å². The number of likely N-dealkylation sites (tertiary alicyclic amines) is 1. The van der Waals surface area contributed by atoms with Gasteiger partial charge in [-0.1, -0.05) is 25.7 Å². The van der Waals surface area contributed by atoms with Crippen molar-refractivity contribution in [3.05, 3.63) is 0 Å². The maximum absolute atomic E-state index is 12.7. The Morgan fingerprint density at radius 1 is 1.10 bits per heavy atom. The van der Waals surface area contributed by atoms with Gasteiger partial charge in [-0.2, -0.15) is 0 Å². The molecule has 1 aliphatic heterocycles. The molecule has 2 saturated carbocycles. The fraction of sp³-hybridized carbons (Fsp3) is 0.941. The fourth-order valence-corrected chi connectivity index (χ4v) is 4.77. The zero-order chi connectivity index (χ0) is 14.1. The molecule has 0 aromatic heterocycles. The predicted molar refractivity (Wildman–Crippen MR) is 88.4 cm³/mol. The summed E-state index contributed by atoms with van der Waals surface area (Å²) in [6.45, 7) is 3.92. The van der Waals surface area contributed by atoms with Gasteiger partial charge >= 0.3 is 0 Å². The van der Waals surface area contributed by atoms with Crippen LogP contribution >= 0.6 is 12.4 Å². The summed E-state index contributed by atoms with van der Waals surface area (Å²) in [7, 11) is 0. The van der Waals surface area contributed by atoms with E-state index < -0.39 is 0 Å². The van der Waals surface area contributed by atoms with E-state index in [1.807, 2.05) is 0 Å². The Balaban J connectivity index is 0.00000161. The SMILES string of the molecule is CC(N)C1CCN(C(=O)C2CCC3CCCCC3C2)C1.Cl. The quantitative estimate of drug-likeness (QED) is 0.850. The van der Waals surface area contributed by atoms with Crippen molar-refractivity contribution in [3.63, 3.8) is 0 Å². The van der Waals surface area contributed by atoms with Crippen LogP contribution in [0.3, 0.4) is 0 Å². The molecule has 5 unspecified atom stereocenters. The normalized spacial score (nSPS) is 37.5. The lowest BCUT2D eigenvalue weighted by atomic mass is 9.67. The largest absolute Gasteiger partial charge is 0.342 e. The Kier molecular flexibility index (Phi) is 5.96. The highest BCUT2D eigenvalue weighted by molar-refractivity contribution is 5.85. The van der Waals surface area contributed by atoms with E-state index in [0.29, 0.717) is 17.7 Å². The van der Waals surface area contributed by atoms with Gasteiger partial charge in [0, 0.05) is 25.0 Å². The number of carbonyl (C=O) groups excluding carboxylic acids is 1. The average Bonchev–Trinajstić information content (AvgIpc) is 2.96. The number of fused-ring (bicyclic) bond motifs is 1. The number of rotatable bonds is 2. The van der Waals surface area contributed by atoms with Crippen LogP contribution in [-0.2, 0) is 4.79 Å². The number of hydrogen-bond donors (Lipinski definition) is 1. The van der Waals surface area contributed by atoms with E-state index in [9.17, 15) is 4.79 Å². The van der Waals surface area contributed by atoms with Crippen LogP contribution in [0.5, 0.6) is 0 Å². The predicted octanol–water partition coefficient (Wildman–Crippen LogP) is 3.21. The summed E-state index contributed by atoms with van der Waals surface area (Å²) in [5.74, 6) is 3.06. The van der Waals surface area contributed by atoms with Crippen LogP contribution in [0.1, 0.15) is 58.3 Å². The van der Waals surface area contributed by atoms with Crippen LogP contribution in [0.15, 0.2) is 0 Å². The molecule has 0 radical (unpaired) electrons. The second-order valence-corrected chi connectivity index (χ2v) is 7.51. The van der Waals surface area contributed by atoms with Crippen molar-refractivity contribution in [2.75, 3.05) is 13.1 Å². The smallest absolute Gasteiger partial charge is 0.225 e. The van der Waals surface area contributed by atoms with Gasteiger partial charge in [-0.15, -0.1) is 12.4 Å². The average molecular weight is 315 g/mol. The zero-order valence-electron chi connectivity index (χ0n) is 13.3. The van der Waals surface area contributed by atoms with Gasteiger partial charge in [-0.3, -0.25) is 4.79 Å². The van der Waals surface area contributed by atoms with Gasteiger partial charge in [0.15, 0.2) is 0 Å². The zero-order valence-corrected chi connectivity index (χ0v) is 14.1. The molecule has 1 amide bonds. The van der Waals surface area contributed by atoms with Gasteiger partial charge in [0.1, 0.15) is 0 Å². The van der Waals surface area contributed by atoms with Crippen LogP contribution in [0.2, 0.25) is 0 Å². The van der Waals surface area contributed by atoms with Crippen molar-refractivity contribution in [1.29, 1.82) is 0 Å². The van der Waals surface area contributed by atoms with Gasteiger partial charge in [-0.05, 0) is 50.4 Å². The fourth-order valence-electron chi connectivity index (χ4n) is 4.77. The van der Waals surface area contributed by atoms with Crippen molar-refractivity contribution in [3.8, 4) is 0 Å². The lowest BCUT2D eigenvalue weighted by Crippen LogP contribution is -2.40. The van der Waals surface area contributed by atoms with Crippen molar-refractivity contribution in [2.45, 2.75) is 64.3 Å². The molecule has 3 fully saturated rings. The summed E-state index contributed by atoms with van der Waals surface area (Å²) in [5, 5.41) is 0. The highest BCUT2D eigenvalue weighted by Gasteiger charge is 2.38. The molecule has 21 heavy (non-hydrogen) atoms. The van der Waals surface area contributed by atoms with E-state index in [-0.39, 0.29) is 18.4 Å². The Labute approximate surface area is 135 Å². The summed E-state index contributed by atoms with van der Waals surface area (Å²) in [6, 6.07) is 0.224. The second-order valence-electron chi connectivity index (χ2n) is 7.51. The van der Waals surface area contributed by atoms with Crippen molar-refractivity contribution in [1.82, 2.24) is 4.90 Å². The first kappa shape index (κ1) is 17.1. The topological polar surface area (TPSA) is 46.3 Å². The molecule has 3 aliphatic rings. The van der Waals surface area contributed by atoms with Crippen LogP contribution in [0.25, 0.3) is 0 Å². The number of carbonyl (C=O) groups is 1. The Morgan fingerprint density at radius 2 is 1.81 bits per heavy atom. The van der Waals surface area contributed by atoms with E-state index in [4.69, 9.17) is 5.73 Å². The summed E-state index contributed by atoms with van der Waals surface area (Å²) in [6.07, 6.45) is 10.3. The molecular weight excluding hydrogens is 284 g/mol. The van der Waals surface area contributed by atoms with Gasteiger partial charge < -0.3 is 10.6 Å². The maximum atomic E-state index is 12.7. The summed E-state index contributed by atoms with van der Waals surface area (Å²) in [5.41, 5.74) is 5.99. The molecule has 1 heterocycles. The molecule has 3 rings (SSSR count). The number of nitrogens with zero attached hydrogens (tertiary/aromatic N) is 1. The van der Waals surface area contributed by atoms with E-state index >= 15 is 0 Å². The van der Waals surface area contributed by atoms with Crippen LogP contribution < -0.4 is 5.73 Å². The lowest BCUT2D eigenvalue weighted by molar-refractivity contribution is -0.137. The maximum Gasteiger partial charge on any atom is 0.225 e. The molecule has 0 aromatic carbocycles. The first-order valence-electron chi connectivity index (χ1n) is 8.69. The highest BCUT2D eigenvalue weighted by Crippen LogP contribution is 2.43. The molecule has 0 spiro atoms. The van der Waals surface area contributed by atoms with Crippen molar-refractivity contribution >= 4 is 18.3 Å². The van der Waals surface area contributed by atoms with Crippen molar-refractivity contribution < 1.29 is 4.79 Å². The van der Waals surface area contributed by atoms with Gasteiger partial charge in [0.2, 0.25) is 5.91 Å². The van der Waals surface area contributed by atoms with E-state index in [1.54, 1.807) is 0 Å². The number of amides is 1. The first-order chi connectivity index (χ1) is 9.65. The minimum Gasteiger partial charge on any atom is -0.342 e. The van der Waals surface area contributed by atoms with Gasteiger partial charge in [-0.25, -0.2) is 0 Å². The molecule has 3 nitrogen and oxygen atoms in total. The Morgan fingerprint density at radius 3 is 2.48 bits per heavy atom. The molecule has 122 valence electrons.